The molecule has 2 saturated heterocycles. The number of fused-ring (bicyclic) bond motifs is 1. The van der Waals surface area contributed by atoms with Crippen molar-refractivity contribution in [3.8, 4) is 5.75 Å². The number of anilines is 2. The number of hydrogen-bond acceptors (Lipinski definition) is 6. The van der Waals surface area contributed by atoms with Gasteiger partial charge in [0.1, 0.15) is 5.75 Å². The first-order valence-corrected chi connectivity index (χ1v) is 13.4. The minimum absolute atomic E-state index is 0.0332. The van der Waals surface area contributed by atoms with Crippen LogP contribution in [0.4, 0.5) is 11.4 Å². The number of aryl methyl sites for hydroxylation is 1. The minimum atomic E-state index is -3.82. The summed E-state index contributed by atoms with van der Waals surface area (Å²) in [6.07, 6.45) is 1.32. The predicted octanol–water partition coefficient (Wildman–Crippen LogP) is 2.08. The molecule has 0 aliphatic carbocycles. The quantitative estimate of drug-likeness (QED) is 0.693. The predicted molar refractivity (Wildman–Crippen MR) is 132 cm³/mol. The van der Waals surface area contributed by atoms with Crippen LogP contribution in [0.5, 0.6) is 5.75 Å². The Bertz CT molecular complexity index is 1230. The average Bonchev–Trinajstić information content (AvgIpc) is 2.88. The Hall–Kier alpha value is -3.11. The van der Waals surface area contributed by atoms with Crippen molar-refractivity contribution in [1.29, 1.82) is 0 Å². The lowest BCUT2D eigenvalue weighted by Gasteiger charge is -2.39. The third-order valence-electron chi connectivity index (χ3n) is 6.97. The molecule has 2 fully saturated rings. The lowest BCUT2D eigenvalue weighted by molar-refractivity contribution is -0.137. The highest BCUT2D eigenvalue weighted by atomic mass is 32.2. The van der Waals surface area contributed by atoms with Crippen molar-refractivity contribution in [2.24, 2.45) is 5.92 Å². The van der Waals surface area contributed by atoms with Crippen molar-refractivity contribution in [3.05, 3.63) is 48.0 Å². The van der Waals surface area contributed by atoms with Crippen molar-refractivity contribution >= 4 is 33.2 Å². The molecule has 9 nitrogen and oxygen atoms in total. The molecule has 3 heterocycles. The maximum Gasteiger partial charge on any atom is 0.262 e. The molecule has 3 aliphatic heterocycles. The maximum absolute atomic E-state index is 13.6. The molecule has 1 N–H and O–H groups in total. The van der Waals surface area contributed by atoms with E-state index in [1.165, 1.54) is 10.4 Å². The zero-order valence-corrected chi connectivity index (χ0v) is 20.6. The van der Waals surface area contributed by atoms with Crippen LogP contribution in [0.15, 0.2) is 47.4 Å². The molecular weight excluding hydrogens is 468 g/mol. The highest BCUT2D eigenvalue weighted by Gasteiger charge is 2.37. The van der Waals surface area contributed by atoms with Gasteiger partial charge in [-0.15, -0.1) is 0 Å². The van der Waals surface area contributed by atoms with Crippen molar-refractivity contribution in [2.75, 3.05) is 56.1 Å². The van der Waals surface area contributed by atoms with E-state index in [2.05, 4.69) is 22.3 Å². The van der Waals surface area contributed by atoms with E-state index < -0.39 is 10.0 Å². The fourth-order valence-corrected chi connectivity index (χ4v) is 6.82. The number of piperazine rings is 1. The van der Waals surface area contributed by atoms with E-state index in [0.29, 0.717) is 49.5 Å². The number of para-hydroxylation sites is 1. The van der Waals surface area contributed by atoms with Crippen LogP contribution in [-0.4, -0.2) is 75.3 Å². The molecule has 1 atom stereocenters. The first-order chi connectivity index (χ1) is 16.8. The first-order valence-electron chi connectivity index (χ1n) is 12.0. The van der Waals surface area contributed by atoms with Crippen molar-refractivity contribution in [1.82, 2.24) is 9.21 Å². The Morgan fingerprint density at radius 2 is 1.80 bits per heavy atom. The van der Waals surface area contributed by atoms with Gasteiger partial charge in [-0.05, 0) is 43.5 Å². The molecule has 3 aliphatic rings. The number of nitrogens with one attached hydrogen (secondary N) is 1. The second-order valence-corrected chi connectivity index (χ2v) is 11.2. The van der Waals surface area contributed by atoms with Crippen LogP contribution in [0.2, 0.25) is 0 Å². The van der Waals surface area contributed by atoms with E-state index in [-0.39, 0.29) is 35.8 Å². The summed E-state index contributed by atoms with van der Waals surface area (Å²) in [6, 6.07) is 13.3. The van der Waals surface area contributed by atoms with Gasteiger partial charge in [0.2, 0.25) is 15.9 Å². The summed E-state index contributed by atoms with van der Waals surface area (Å²) in [7, 11) is -3.82. The molecule has 2 amide bonds. The number of piperidine rings is 1. The SMILES string of the molecule is Cc1cc2c(cc1S(=O)(=O)N1CCC[C@H](C(=O)N3CCN(c4ccccc4)CC3)C1)OCC(=O)N2. The second kappa shape index (κ2) is 9.50. The number of nitrogens with zero attached hydrogens (tertiary/aromatic N) is 3. The Balaban J connectivity index is 1.27. The molecule has 0 unspecified atom stereocenters. The average molecular weight is 499 g/mol. The minimum Gasteiger partial charge on any atom is -0.482 e. The molecule has 0 radical (unpaired) electrons. The van der Waals surface area contributed by atoms with Gasteiger partial charge in [-0.3, -0.25) is 9.59 Å². The molecule has 2 aromatic carbocycles. The lowest BCUT2D eigenvalue weighted by Crippen LogP contribution is -2.53. The number of benzene rings is 2. The number of amides is 2. The molecule has 5 rings (SSSR count). The Morgan fingerprint density at radius 3 is 2.54 bits per heavy atom. The molecule has 186 valence electrons. The number of sulfonamides is 1. The first kappa shape index (κ1) is 23.6. The second-order valence-electron chi connectivity index (χ2n) is 9.30. The van der Waals surface area contributed by atoms with Crippen molar-refractivity contribution in [3.63, 3.8) is 0 Å². The summed E-state index contributed by atoms with van der Waals surface area (Å²) >= 11 is 0. The number of carbonyl (C=O) groups excluding carboxylic acids is 2. The molecule has 0 bridgehead atoms. The van der Waals surface area contributed by atoms with Crippen LogP contribution in [0.3, 0.4) is 0 Å². The van der Waals surface area contributed by atoms with Crippen LogP contribution >= 0.6 is 0 Å². The highest BCUT2D eigenvalue weighted by Crippen LogP contribution is 2.35. The molecule has 0 aromatic heterocycles. The van der Waals surface area contributed by atoms with E-state index in [9.17, 15) is 18.0 Å². The molecule has 2 aromatic rings. The van der Waals surface area contributed by atoms with Gasteiger partial charge in [0.15, 0.2) is 6.61 Å². The largest absolute Gasteiger partial charge is 0.482 e. The summed E-state index contributed by atoms with van der Waals surface area (Å²) in [6.45, 7) is 4.88. The smallest absolute Gasteiger partial charge is 0.262 e. The normalized spacial score (nSPS) is 21.2. The summed E-state index contributed by atoms with van der Waals surface area (Å²) < 4.78 is 34.0. The summed E-state index contributed by atoms with van der Waals surface area (Å²) in [4.78, 5) is 29.2. The van der Waals surface area contributed by atoms with Crippen LogP contribution in [0, 0.1) is 12.8 Å². The monoisotopic (exact) mass is 498 g/mol. The Kier molecular flexibility index (Phi) is 6.41. The Labute approximate surface area is 205 Å². The number of carbonyl (C=O) groups is 2. The fourth-order valence-electron chi connectivity index (χ4n) is 5.08. The summed E-state index contributed by atoms with van der Waals surface area (Å²) in [5, 5.41) is 2.70. The van der Waals surface area contributed by atoms with Gasteiger partial charge >= 0.3 is 0 Å². The molecule has 0 saturated carbocycles. The Morgan fingerprint density at radius 1 is 1.06 bits per heavy atom. The molecular formula is C25H30N4O5S. The van der Waals surface area contributed by atoms with Gasteiger partial charge in [-0.25, -0.2) is 8.42 Å². The summed E-state index contributed by atoms with van der Waals surface area (Å²) in [5.74, 6) is -0.245. The molecule has 35 heavy (non-hydrogen) atoms. The number of rotatable bonds is 4. The highest BCUT2D eigenvalue weighted by molar-refractivity contribution is 7.89. The van der Waals surface area contributed by atoms with Crippen molar-refractivity contribution in [2.45, 2.75) is 24.7 Å². The molecule has 0 spiro atoms. The van der Waals surface area contributed by atoms with E-state index in [1.54, 1.807) is 13.0 Å². The van der Waals surface area contributed by atoms with E-state index in [1.807, 2.05) is 23.1 Å². The van der Waals surface area contributed by atoms with E-state index in [0.717, 1.165) is 18.8 Å². The number of ether oxygens (including phenoxy) is 1. The van der Waals surface area contributed by atoms with Crippen LogP contribution in [0.1, 0.15) is 18.4 Å². The standard InChI is InChI=1S/C25H30N4O5S/c1-18-14-21-22(34-17-24(30)26-21)15-23(18)35(32,33)29-9-5-6-19(16-29)25(31)28-12-10-27(11-13-28)20-7-3-2-4-8-20/h2-4,7-8,14-15,19H,5-6,9-13,16-17H2,1H3,(H,26,30)/t19-/m0/s1. The topological polar surface area (TPSA) is 99.3 Å². The zero-order valence-electron chi connectivity index (χ0n) is 19.8. The summed E-state index contributed by atoms with van der Waals surface area (Å²) in [5.41, 5.74) is 2.15. The van der Waals surface area contributed by atoms with Crippen LogP contribution in [-0.2, 0) is 19.6 Å². The van der Waals surface area contributed by atoms with Crippen LogP contribution < -0.4 is 15.0 Å². The molecule has 10 heteroatoms. The van der Waals surface area contributed by atoms with Gasteiger partial charge in [-0.2, -0.15) is 4.31 Å². The van der Waals surface area contributed by atoms with Gasteiger partial charge in [0.05, 0.1) is 16.5 Å². The third-order valence-corrected chi connectivity index (χ3v) is 8.98. The lowest BCUT2D eigenvalue weighted by atomic mass is 9.97. The third kappa shape index (κ3) is 4.72. The zero-order chi connectivity index (χ0) is 24.6. The van der Waals surface area contributed by atoms with Gasteiger partial charge in [-0.1, -0.05) is 18.2 Å². The van der Waals surface area contributed by atoms with E-state index in [4.69, 9.17) is 4.74 Å². The van der Waals surface area contributed by atoms with Crippen molar-refractivity contribution < 1.29 is 22.7 Å². The van der Waals surface area contributed by atoms with Gasteiger partial charge in [0, 0.05) is 51.0 Å². The van der Waals surface area contributed by atoms with E-state index >= 15 is 0 Å². The maximum atomic E-state index is 13.6. The fraction of sp³-hybridized carbons (Fsp3) is 0.440. The number of hydrogen-bond donors (Lipinski definition) is 1. The van der Waals surface area contributed by atoms with Crippen LogP contribution in [0.25, 0.3) is 0 Å². The van der Waals surface area contributed by atoms with Gasteiger partial charge < -0.3 is 19.9 Å². The van der Waals surface area contributed by atoms with Gasteiger partial charge in [0.25, 0.3) is 5.91 Å².